The molecule has 0 aliphatic rings. The topological polar surface area (TPSA) is 13.1 Å². The average Bonchev–Trinajstić information content (AvgIpc) is 3.63. The lowest BCUT2D eigenvalue weighted by Gasteiger charge is -2.22. The van der Waals surface area contributed by atoms with E-state index >= 15 is 0 Å². The van der Waals surface area contributed by atoms with Crippen LogP contribution in [0, 0.1) is 0 Å². The lowest BCUT2D eigenvalue weighted by atomic mass is 9.81. The molecule has 1 aromatic heterocycles. The van der Waals surface area contributed by atoms with Crippen molar-refractivity contribution in [2.75, 3.05) is 0 Å². The summed E-state index contributed by atoms with van der Waals surface area (Å²) in [5, 5.41) is 4.83. The first-order valence-corrected chi connectivity index (χ1v) is 18.6. The predicted octanol–water partition coefficient (Wildman–Crippen LogP) is 14.6. The molecule has 0 bridgehead atoms. The third-order valence-electron chi connectivity index (χ3n) is 10.9. The fraction of sp³-hybridized carbons (Fsp3) is 0.0189. The maximum atomic E-state index is 6.08. The average molecular weight is 689 g/mol. The highest BCUT2D eigenvalue weighted by Crippen LogP contribution is 2.39. The molecule has 10 aromatic rings. The van der Waals surface area contributed by atoms with E-state index in [1.165, 1.54) is 72.0 Å². The van der Waals surface area contributed by atoms with Gasteiger partial charge in [0.15, 0.2) is 0 Å². The second-order valence-electron chi connectivity index (χ2n) is 14.1. The summed E-state index contributed by atoms with van der Waals surface area (Å²) in [4.78, 5) is 0. The van der Waals surface area contributed by atoms with Crippen molar-refractivity contribution in [2.45, 2.75) is 5.92 Å². The Hall–Kier alpha value is -6.96. The summed E-state index contributed by atoms with van der Waals surface area (Å²) in [5.74, 6) is 0.0568. The van der Waals surface area contributed by atoms with Crippen molar-refractivity contribution in [2.24, 2.45) is 0 Å². The van der Waals surface area contributed by atoms with Gasteiger partial charge in [0.2, 0.25) is 0 Å². The summed E-state index contributed by atoms with van der Waals surface area (Å²) >= 11 is 0. The van der Waals surface area contributed by atoms with Crippen LogP contribution < -0.4 is 0 Å². The number of furan rings is 1. The first-order valence-electron chi connectivity index (χ1n) is 18.6. The van der Waals surface area contributed by atoms with Crippen LogP contribution in [0.2, 0.25) is 0 Å². The molecule has 10 rings (SSSR count). The van der Waals surface area contributed by atoms with Crippen molar-refractivity contribution in [3.8, 4) is 44.5 Å². The molecule has 0 spiro atoms. The number of hydrogen-bond donors (Lipinski definition) is 0. The highest BCUT2D eigenvalue weighted by Gasteiger charge is 2.20. The Morgan fingerprint density at radius 1 is 0.278 bits per heavy atom. The molecule has 0 aliphatic carbocycles. The van der Waals surface area contributed by atoms with Gasteiger partial charge in [-0.2, -0.15) is 0 Å². The van der Waals surface area contributed by atoms with Crippen molar-refractivity contribution in [1.82, 2.24) is 0 Å². The van der Waals surface area contributed by atoms with Crippen molar-refractivity contribution in [3.05, 3.63) is 229 Å². The summed E-state index contributed by atoms with van der Waals surface area (Å²) in [7, 11) is 0. The minimum Gasteiger partial charge on any atom is -0.456 e. The van der Waals surface area contributed by atoms with Gasteiger partial charge in [0.25, 0.3) is 0 Å². The molecule has 0 N–H and O–H groups in total. The van der Waals surface area contributed by atoms with E-state index < -0.39 is 0 Å². The Labute approximate surface area is 315 Å². The van der Waals surface area contributed by atoms with Gasteiger partial charge in [0, 0.05) is 16.7 Å². The SMILES string of the molecule is c1ccc(-c2ccc(-c3ccc(C(c4cccc(-c5ccc(-c6ccc7oc8ccccc8c7c6)cc5)c4)c4cccc5ccccc45)cc3)cc2)cc1. The van der Waals surface area contributed by atoms with E-state index in [9.17, 15) is 0 Å². The summed E-state index contributed by atoms with van der Waals surface area (Å²) in [6.45, 7) is 0. The molecule has 0 aliphatic heterocycles. The Bertz CT molecular complexity index is 2890. The van der Waals surface area contributed by atoms with Crippen LogP contribution in [-0.2, 0) is 0 Å². The quantitative estimate of drug-likeness (QED) is 0.152. The second-order valence-corrected chi connectivity index (χ2v) is 14.1. The zero-order valence-corrected chi connectivity index (χ0v) is 29.7. The van der Waals surface area contributed by atoms with Crippen molar-refractivity contribution in [1.29, 1.82) is 0 Å². The van der Waals surface area contributed by atoms with E-state index in [0.29, 0.717) is 0 Å². The standard InChI is InChI=1S/C53H36O/c1-2-10-36(11-3-1)37-20-22-38(23-21-37)39-28-30-43(31-29-39)53(49-18-9-13-42-12-4-5-16-47(42)49)46-15-8-14-44(34-46)40-24-26-41(27-25-40)45-32-33-52-50(35-45)48-17-6-7-19-51(48)54-52/h1-35,53H. The van der Waals surface area contributed by atoms with Crippen LogP contribution in [0.5, 0.6) is 0 Å². The van der Waals surface area contributed by atoms with Gasteiger partial charge in [0.05, 0.1) is 0 Å². The molecule has 54 heavy (non-hydrogen) atoms. The van der Waals surface area contributed by atoms with E-state index in [1.54, 1.807) is 0 Å². The Morgan fingerprint density at radius 3 is 1.48 bits per heavy atom. The normalized spacial score (nSPS) is 12.0. The van der Waals surface area contributed by atoms with Crippen LogP contribution in [0.4, 0.5) is 0 Å². The molecule has 9 aromatic carbocycles. The lowest BCUT2D eigenvalue weighted by Crippen LogP contribution is -2.04. The molecule has 1 heteroatoms. The molecular weight excluding hydrogens is 653 g/mol. The first-order chi connectivity index (χ1) is 26.7. The maximum absolute atomic E-state index is 6.08. The molecule has 1 unspecified atom stereocenters. The maximum Gasteiger partial charge on any atom is 0.135 e. The number of hydrogen-bond acceptors (Lipinski definition) is 1. The van der Waals surface area contributed by atoms with Gasteiger partial charge in [-0.15, -0.1) is 0 Å². The van der Waals surface area contributed by atoms with Crippen LogP contribution in [0.25, 0.3) is 77.2 Å². The smallest absolute Gasteiger partial charge is 0.135 e. The number of fused-ring (bicyclic) bond motifs is 4. The Morgan fingerprint density at radius 2 is 0.759 bits per heavy atom. The molecule has 0 fully saturated rings. The number of para-hydroxylation sites is 1. The van der Waals surface area contributed by atoms with E-state index in [4.69, 9.17) is 4.42 Å². The van der Waals surface area contributed by atoms with Gasteiger partial charge in [-0.25, -0.2) is 0 Å². The summed E-state index contributed by atoms with van der Waals surface area (Å²) < 4.78 is 6.08. The zero-order valence-electron chi connectivity index (χ0n) is 29.7. The Balaban J connectivity index is 0.999. The van der Waals surface area contributed by atoms with Gasteiger partial charge in [-0.1, -0.05) is 194 Å². The highest BCUT2D eigenvalue weighted by molar-refractivity contribution is 6.06. The molecule has 0 saturated heterocycles. The fourth-order valence-corrected chi connectivity index (χ4v) is 8.07. The summed E-state index contributed by atoms with van der Waals surface area (Å²) in [6, 6.07) is 76.9. The predicted molar refractivity (Wildman–Crippen MR) is 227 cm³/mol. The van der Waals surface area contributed by atoms with Gasteiger partial charge < -0.3 is 4.42 Å². The van der Waals surface area contributed by atoms with Gasteiger partial charge in [-0.05, 0) is 90.2 Å². The molecular formula is C53H36O. The fourth-order valence-electron chi connectivity index (χ4n) is 8.07. The zero-order chi connectivity index (χ0) is 35.8. The van der Waals surface area contributed by atoms with E-state index in [2.05, 4.69) is 200 Å². The summed E-state index contributed by atoms with van der Waals surface area (Å²) in [6.07, 6.45) is 0. The van der Waals surface area contributed by atoms with Crippen LogP contribution in [0.1, 0.15) is 22.6 Å². The van der Waals surface area contributed by atoms with E-state index in [-0.39, 0.29) is 5.92 Å². The second kappa shape index (κ2) is 13.5. The van der Waals surface area contributed by atoms with Gasteiger partial charge in [0.1, 0.15) is 11.2 Å². The molecule has 254 valence electrons. The minimum atomic E-state index is 0.0568. The van der Waals surface area contributed by atoms with Crippen molar-refractivity contribution >= 4 is 32.7 Å². The summed E-state index contributed by atoms with van der Waals surface area (Å²) in [5.41, 5.74) is 15.3. The van der Waals surface area contributed by atoms with Crippen LogP contribution in [0.15, 0.2) is 217 Å². The molecule has 1 heterocycles. The molecule has 1 nitrogen and oxygen atoms in total. The number of rotatable bonds is 7. The van der Waals surface area contributed by atoms with Crippen molar-refractivity contribution in [3.63, 3.8) is 0 Å². The molecule has 0 amide bonds. The molecule has 0 radical (unpaired) electrons. The lowest BCUT2D eigenvalue weighted by molar-refractivity contribution is 0.669. The van der Waals surface area contributed by atoms with Gasteiger partial charge in [-0.3, -0.25) is 0 Å². The molecule has 1 atom stereocenters. The largest absolute Gasteiger partial charge is 0.456 e. The third-order valence-corrected chi connectivity index (χ3v) is 10.9. The Kier molecular flexibility index (Phi) is 7.96. The van der Waals surface area contributed by atoms with Crippen molar-refractivity contribution < 1.29 is 4.42 Å². The van der Waals surface area contributed by atoms with Crippen LogP contribution in [0.3, 0.4) is 0 Å². The molecule has 0 saturated carbocycles. The van der Waals surface area contributed by atoms with E-state index in [1.807, 2.05) is 12.1 Å². The third kappa shape index (κ3) is 5.87. The van der Waals surface area contributed by atoms with E-state index in [0.717, 1.165) is 21.9 Å². The monoisotopic (exact) mass is 688 g/mol. The highest BCUT2D eigenvalue weighted by atomic mass is 16.3. The van der Waals surface area contributed by atoms with Crippen LogP contribution in [-0.4, -0.2) is 0 Å². The van der Waals surface area contributed by atoms with Crippen LogP contribution >= 0.6 is 0 Å². The first kappa shape index (κ1) is 31.7. The number of benzene rings is 9. The van der Waals surface area contributed by atoms with Gasteiger partial charge >= 0.3 is 0 Å². The minimum absolute atomic E-state index is 0.0568.